The topological polar surface area (TPSA) is 81.4 Å². The monoisotopic (exact) mass is 316 g/mol. The summed E-state index contributed by atoms with van der Waals surface area (Å²) >= 11 is 4.76. The zero-order chi connectivity index (χ0) is 15.2. The first kappa shape index (κ1) is 16.9. The molecule has 0 saturated heterocycles. The molecule has 1 aromatic carbocycles. The van der Waals surface area contributed by atoms with Crippen LogP contribution in [0.2, 0.25) is 0 Å². The fourth-order valence-electron chi connectivity index (χ4n) is 1.73. The van der Waals surface area contributed by atoms with Gasteiger partial charge in [0.15, 0.2) is 0 Å². The van der Waals surface area contributed by atoms with E-state index in [0.29, 0.717) is 12.2 Å². The van der Waals surface area contributed by atoms with Gasteiger partial charge >= 0.3 is 0 Å². The number of nitrogens with one attached hydrogen (secondary N) is 1. The van der Waals surface area contributed by atoms with Crippen LogP contribution in [0.5, 0.6) is 5.75 Å². The molecule has 0 radical (unpaired) electrons. The molecule has 5 nitrogen and oxygen atoms in total. The number of hydrogen-bond acceptors (Lipinski definition) is 4. The average molecular weight is 316 g/mol. The maximum atomic E-state index is 11.9. The summed E-state index contributed by atoms with van der Waals surface area (Å²) < 4.78 is 31.8. The molecule has 0 aliphatic rings. The molecule has 0 aromatic heterocycles. The van der Waals surface area contributed by atoms with E-state index in [0.717, 1.165) is 5.56 Å². The molecule has 1 aromatic rings. The summed E-state index contributed by atoms with van der Waals surface area (Å²) in [5.41, 5.74) is 6.51. The normalized spacial score (nSPS) is 12.9. The van der Waals surface area contributed by atoms with Gasteiger partial charge in [-0.2, -0.15) is 0 Å². The summed E-state index contributed by atoms with van der Waals surface area (Å²) in [6, 6.07) is 7.56. The average Bonchev–Trinajstić information content (AvgIpc) is 2.34. The molecule has 0 fully saturated rings. The second-order valence-electron chi connectivity index (χ2n) is 4.40. The SMILES string of the molecule is CCC(C(N)=S)S(=O)(=O)NCCOc1cccc(C)c1. The van der Waals surface area contributed by atoms with Crippen LogP contribution in [0.4, 0.5) is 0 Å². The van der Waals surface area contributed by atoms with Crippen molar-refractivity contribution in [2.24, 2.45) is 5.73 Å². The van der Waals surface area contributed by atoms with Crippen molar-refractivity contribution in [3.05, 3.63) is 29.8 Å². The van der Waals surface area contributed by atoms with E-state index in [4.69, 9.17) is 22.7 Å². The molecule has 0 bridgehead atoms. The van der Waals surface area contributed by atoms with Crippen LogP contribution in [0.25, 0.3) is 0 Å². The van der Waals surface area contributed by atoms with Crippen molar-refractivity contribution in [1.29, 1.82) is 0 Å². The maximum Gasteiger partial charge on any atom is 0.221 e. The van der Waals surface area contributed by atoms with E-state index >= 15 is 0 Å². The molecule has 7 heteroatoms. The lowest BCUT2D eigenvalue weighted by molar-refractivity contribution is 0.322. The van der Waals surface area contributed by atoms with Crippen LogP contribution in [0.15, 0.2) is 24.3 Å². The van der Waals surface area contributed by atoms with Gasteiger partial charge in [0.25, 0.3) is 0 Å². The summed E-state index contributed by atoms with van der Waals surface area (Å²) in [6.45, 7) is 4.11. The van der Waals surface area contributed by atoms with Crippen molar-refractivity contribution in [3.63, 3.8) is 0 Å². The van der Waals surface area contributed by atoms with Crippen LogP contribution >= 0.6 is 12.2 Å². The van der Waals surface area contributed by atoms with Crippen LogP contribution in [0.1, 0.15) is 18.9 Å². The van der Waals surface area contributed by atoms with Gasteiger partial charge in [-0.1, -0.05) is 31.3 Å². The van der Waals surface area contributed by atoms with Crippen LogP contribution < -0.4 is 15.2 Å². The Morgan fingerprint density at radius 1 is 1.50 bits per heavy atom. The number of ether oxygens (including phenoxy) is 1. The van der Waals surface area contributed by atoms with E-state index in [1.54, 1.807) is 6.92 Å². The van der Waals surface area contributed by atoms with Gasteiger partial charge in [-0.25, -0.2) is 13.1 Å². The third-order valence-electron chi connectivity index (χ3n) is 2.73. The zero-order valence-corrected chi connectivity index (χ0v) is 13.3. The lowest BCUT2D eigenvalue weighted by atomic mass is 10.2. The number of hydrogen-bond donors (Lipinski definition) is 2. The first-order valence-electron chi connectivity index (χ1n) is 6.34. The van der Waals surface area contributed by atoms with E-state index in [2.05, 4.69) is 4.72 Å². The van der Waals surface area contributed by atoms with Gasteiger partial charge in [-0.15, -0.1) is 0 Å². The Labute approximate surface area is 125 Å². The van der Waals surface area contributed by atoms with Gasteiger partial charge in [0.1, 0.15) is 17.6 Å². The van der Waals surface area contributed by atoms with Crippen LogP contribution in [0.3, 0.4) is 0 Å². The number of thiocarbonyl (C=S) groups is 1. The first-order chi connectivity index (χ1) is 9.36. The van der Waals surface area contributed by atoms with Crippen molar-refractivity contribution in [2.75, 3.05) is 13.2 Å². The minimum Gasteiger partial charge on any atom is -0.492 e. The lowest BCUT2D eigenvalue weighted by Gasteiger charge is -2.15. The molecule has 1 atom stereocenters. The Hall–Kier alpha value is -1.18. The summed E-state index contributed by atoms with van der Waals surface area (Å²) in [7, 11) is -3.53. The quantitative estimate of drug-likeness (QED) is 0.559. The molecule has 112 valence electrons. The Bertz CT molecular complexity index is 558. The Balaban J connectivity index is 2.46. The van der Waals surface area contributed by atoms with Gasteiger partial charge in [0.2, 0.25) is 10.0 Å². The van der Waals surface area contributed by atoms with E-state index < -0.39 is 15.3 Å². The Morgan fingerprint density at radius 2 is 2.20 bits per heavy atom. The molecule has 0 heterocycles. The van der Waals surface area contributed by atoms with Gasteiger partial charge in [0, 0.05) is 6.54 Å². The molecule has 1 rings (SSSR count). The molecule has 0 spiro atoms. The van der Waals surface area contributed by atoms with Crippen LogP contribution in [-0.4, -0.2) is 31.8 Å². The van der Waals surface area contributed by atoms with Crippen LogP contribution in [-0.2, 0) is 10.0 Å². The largest absolute Gasteiger partial charge is 0.492 e. The highest BCUT2D eigenvalue weighted by atomic mass is 32.2. The van der Waals surface area contributed by atoms with Crippen molar-refractivity contribution in [1.82, 2.24) is 4.72 Å². The predicted octanol–water partition coefficient (Wildman–Crippen LogP) is 1.36. The third kappa shape index (κ3) is 5.07. The third-order valence-corrected chi connectivity index (χ3v) is 5.10. The summed E-state index contributed by atoms with van der Waals surface area (Å²) in [5.74, 6) is 0.714. The zero-order valence-electron chi connectivity index (χ0n) is 11.6. The van der Waals surface area contributed by atoms with Crippen molar-refractivity contribution < 1.29 is 13.2 Å². The fourth-order valence-corrected chi connectivity index (χ4v) is 3.59. The van der Waals surface area contributed by atoms with Crippen LogP contribution in [0, 0.1) is 6.92 Å². The minimum absolute atomic E-state index is 0.0143. The van der Waals surface area contributed by atoms with Crippen molar-refractivity contribution >= 4 is 27.2 Å². The number of rotatable bonds is 8. The standard InChI is InChI=1S/C13H20N2O3S2/c1-3-12(13(14)19)20(16,17)15-7-8-18-11-6-4-5-10(2)9-11/h4-6,9,12,15H,3,7-8H2,1-2H3,(H2,14,19). The highest BCUT2D eigenvalue weighted by molar-refractivity contribution is 7.93. The van der Waals surface area contributed by atoms with Crippen molar-refractivity contribution in [2.45, 2.75) is 25.5 Å². The number of aryl methyl sites for hydroxylation is 1. The Kier molecular flexibility index (Phi) is 6.38. The summed E-state index contributed by atoms with van der Waals surface area (Å²) in [4.78, 5) is -0.0143. The fraction of sp³-hybridized carbons (Fsp3) is 0.462. The molecule has 3 N–H and O–H groups in total. The lowest BCUT2D eigenvalue weighted by Crippen LogP contribution is -2.42. The van der Waals surface area contributed by atoms with Gasteiger partial charge in [-0.05, 0) is 31.0 Å². The molecular weight excluding hydrogens is 296 g/mol. The van der Waals surface area contributed by atoms with Gasteiger partial charge in [-0.3, -0.25) is 0 Å². The number of nitrogens with two attached hydrogens (primary N) is 1. The minimum atomic E-state index is -3.53. The summed E-state index contributed by atoms with van der Waals surface area (Å²) in [5, 5.41) is -0.837. The summed E-state index contributed by atoms with van der Waals surface area (Å²) in [6.07, 6.45) is 0.351. The molecule has 0 amide bonds. The number of sulfonamides is 1. The van der Waals surface area contributed by atoms with E-state index in [1.807, 2.05) is 31.2 Å². The van der Waals surface area contributed by atoms with E-state index in [-0.39, 0.29) is 18.1 Å². The molecule has 0 aliphatic carbocycles. The van der Waals surface area contributed by atoms with E-state index in [9.17, 15) is 8.42 Å². The highest BCUT2D eigenvalue weighted by Crippen LogP contribution is 2.12. The molecule has 0 saturated carbocycles. The molecule has 20 heavy (non-hydrogen) atoms. The second-order valence-corrected chi connectivity index (χ2v) is 6.82. The Morgan fingerprint density at radius 3 is 2.75 bits per heavy atom. The van der Waals surface area contributed by atoms with E-state index in [1.165, 1.54) is 0 Å². The highest BCUT2D eigenvalue weighted by Gasteiger charge is 2.25. The predicted molar refractivity (Wildman–Crippen MR) is 84.5 cm³/mol. The first-order valence-corrected chi connectivity index (χ1v) is 8.29. The molecule has 0 aliphatic heterocycles. The van der Waals surface area contributed by atoms with Gasteiger partial charge in [0.05, 0.1) is 4.99 Å². The molecular formula is C13H20N2O3S2. The second kappa shape index (κ2) is 7.56. The van der Waals surface area contributed by atoms with Gasteiger partial charge < -0.3 is 10.5 Å². The van der Waals surface area contributed by atoms with Crippen molar-refractivity contribution in [3.8, 4) is 5.75 Å². The smallest absolute Gasteiger partial charge is 0.221 e. The maximum absolute atomic E-state index is 11.9. The molecule has 1 unspecified atom stereocenters. The number of benzene rings is 1.